The van der Waals surface area contributed by atoms with Crippen LogP contribution in [0.2, 0.25) is 0 Å². The van der Waals surface area contributed by atoms with E-state index in [1.54, 1.807) is 0 Å². The quantitative estimate of drug-likeness (QED) is 0.289. The Kier molecular flexibility index (Phi) is 9.61. The van der Waals surface area contributed by atoms with Gasteiger partial charge in [0.25, 0.3) is 0 Å². The Hall–Kier alpha value is -2.29. The highest BCUT2D eigenvalue weighted by Crippen LogP contribution is 2.24. The number of unbranched alkanes of at least 4 members (excludes halogenated alkanes) is 4. The number of esters is 1. The van der Waals surface area contributed by atoms with Gasteiger partial charge in [0, 0.05) is 0 Å². The molecule has 0 aliphatic heterocycles. The van der Waals surface area contributed by atoms with E-state index >= 15 is 0 Å². The van der Waals surface area contributed by atoms with E-state index in [0.717, 1.165) is 29.9 Å². The summed E-state index contributed by atoms with van der Waals surface area (Å²) in [6, 6.07) is 17.4. The molecule has 0 aromatic heterocycles. The van der Waals surface area contributed by atoms with Crippen LogP contribution in [0.4, 0.5) is 0 Å². The molecule has 152 valence electrons. The molecule has 0 saturated carbocycles. The first-order valence-corrected chi connectivity index (χ1v) is 10.6. The van der Waals surface area contributed by atoms with Gasteiger partial charge in [-0.3, -0.25) is 4.79 Å². The number of rotatable bonds is 12. The third-order valence-corrected chi connectivity index (χ3v) is 4.98. The second-order valence-corrected chi connectivity index (χ2v) is 7.72. The standard InChI is InChI=1S/C25H34O3/c1-4-5-6-7-11-17-24(20(2)3)25(26)27-19-21-13-12-16-23(18-21)28-22-14-9-8-10-15-22/h8-10,12-16,18,20,24H,4-7,11,17,19H2,1-3H3. The van der Waals surface area contributed by atoms with Crippen LogP contribution in [0.1, 0.15) is 64.9 Å². The van der Waals surface area contributed by atoms with Gasteiger partial charge in [-0.1, -0.05) is 83.2 Å². The lowest BCUT2D eigenvalue weighted by Crippen LogP contribution is -2.22. The summed E-state index contributed by atoms with van der Waals surface area (Å²) in [6.45, 7) is 6.70. The molecule has 1 atom stereocenters. The smallest absolute Gasteiger partial charge is 0.309 e. The monoisotopic (exact) mass is 382 g/mol. The molecule has 0 saturated heterocycles. The number of carbonyl (C=O) groups excluding carboxylic acids is 1. The van der Waals surface area contributed by atoms with E-state index in [-0.39, 0.29) is 18.5 Å². The van der Waals surface area contributed by atoms with Gasteiger partial charge in [0.2, 0.25) is 0 Å². The summed E-state index contributed by atoms with van der Waals surface area (Å²) in [5, 5.41) is 0. The molecular weight excluding hydrogens is 348 g/mol. The van der Waals surface area contributed by atoms with Gasteiger partial charge in [0.05, 0.1) is 5.92 Å². The number of para-hydroxylation sites is 1. The fourth-order valence-electron chi connectivity index (χ4n) is 3.28. The van der Waals surface area contributed by atoms with Crippen molar-refractivity contribution in [1.29, 1.82) is 0 Å². The molecule has 1 unspecified atom stereocenters. The second kappa shape index (κ2) is 12.2. The van der Waals surface area contributed by atoms with Crippen LogP contribution in [0.25, 0.3) is 0 Å². The molecule has 3 heteroatoms. The van der Waals surface area contributed by atoms with Crippen molar-refractivity contribution in [2.75, 3.05) is 0 Å². The van der Waals surface area contributed by atoms with Crippen LogP contribution < -0.4 is 4.74 Å². The lowest BCUT2D eigenvalue weighted by molar-refractivity contribution is -0.151. The van der Waals surface area contributed by atoms with Crippen molar-refractivity contribution >= 4 is 5.97 Å². The summed E-state index contributed by atoms with van der Waals surface area (Å²) in [6.07, 6.45) is 6.98. The first-order chi connectivity index (χ1) is 13.6. The van der Waals surface area contributed by atoms with Gasteiger partial charge in [0.15, 0.2) is 0 Å². The molecule has 2 aromatic rings. The molecule has 3 nitrogen and oxygen atoms in total. The summed E-state index contributed by atoms with van der Waals surface area (Å²) < 4.78 is 11.5. The average molecular weight is 383 g/mol. The van der Waals surface area contributed by atoms with E-state index in [4.69, 9.17) is 9.47 Å². The minimum Gasteiger partial charge on any atom is -0.461 e. The molecular formula is C25H34O3. The van der Waals surface area contributed by atoms with Gasteiger partial charge in [-0.2, -0.15) is 0 Å². The molecule has 0 fully saturated rings. The maximum Gasteiger partial charge on any atom is 0.309 e. The highest BCUT2D eigenvalue weighted by molar-refractivity contribution is 5.72. The van der Waals surface area contributed by atoms with Crippen LogP contribution in [0.5, 0.6) is 11.5 Å². The minimum atomic E-state index is -0.0835. The van der Waals surface area contributed by atoms with E-state index in [1.807, 2.05) is 54.6 Å². The molecule has 0 aliphatic carbocycles. The van der Waals surface area contributed by atoms with Crippen LogP contribution in [-0.2, 0) is 16.1 Å². The summed E-state index contributed by atoms with van der Waals surface area (Å²) in [5.41, 5.74) is 0.937. The summed E-state index contributed by atoms with van der Waals surface area (Å²) in [5.74, 6) is 1.73. The topological polar surface area (TPSA) is 35.5 Å². The molecule has 0 heterocycles. The zero-order valence-corrected chi connectivity index (χ0v) is 17.5. The van der Waals surface area contributed by atoms with Crippen molar-refractivity contribution < 1.29 is 14.3 Å². The molecule has 0 spiro atoms. The fourth-order valence-corrected chi connectivity index (χ4v) is 3.28. The van der Waals surface area contributed by atoms with Crippen LogP contribution in [-0.4, -0.2) is 5.97 Å². The second-order valence-electron chi connectivity index (χ2n) is 7.72. The number of benzene rings is 2. The van der Waals surface area contributed by atoms with Crippen molar-refractivity contribution in [2.24, 2.45) is 11.8 Å². The fraction of sp³-hybridized carbons (Fsp3) is 0.480. The molecule has 2 rings (SSSR count). The largest absolute Gasteiger partial charge is 0.461 e. The van der Waals surface area contributed by atoms with Crippen LogP contribution in [0, 0.1) is 11.8 Å². The summed E-state index contributed by atoms with van der Waals surface area (Å²) in [7, 11) is 0. The van der Waals surface area contributed by atoms with Crippen molar-refractivity contribution in [3.05, 3.63) is 60.2 Å². The zero-order valence-electron chi connectivity index (χ0n) is 17.5. The first-order valence-electron chi connectivity index (χ1n) is 10.6. The molecule has 2 aromatic carbocycles. The number of ether oxygens (including phenoxy) is 2. The van der Waals surface area contributed by atoms with E-state index in [0.29, 0.717) is 5.92 Å². The van der Waals surface area contributed by atoms with Gasteiger partial charge in [0.1, 0.15) is 18.1 Å². The Morgan fingerprint density at radius 2 is 1.61 bits per heavy atom. The summed E-state index contributed by atoms with van der Waals surface area (Å²) in [4.78, 5) is 12.6. The van der Waals surface area contributed by atoms with E-state index in [9.17, 15) is 4.79 Å². The van der Waals surface area contributed by atoms with Crippen LogP contribution >= 0.6 is 0 Å². The third-order valence-electron chi connectivity index (χ3n) is 4.98. The molecule has 0 amide bonds. The van der Waals surface area contributed by atoms with Gasteiger partial charge in [-0.15, -0.1) is 0 Å². The Labute approximate surface area is 170 Å². The van der Waals surface area contributed by atoms with Crippen LogP contribution in [0.3, 0.4) is 0 Å². The molecule has 28 heavy (non-hydrogen) atoms. The predicted octanol–water partition coefficient (Wildman–Crippen LogP) is 7.15. The van der Waals surface area contributed by atoms with Crippen molar-refractivity contribution in [2.45, 2.75) is 65.9 Å². The van der Waals surface area contributed by atoms with Gasteiger partial charge in [-0.05, 0) is 42.2 Å². The molecule has 0 N–H and O–H groups in total. The highest BCUT2D eigenvalue weighted by Gasteiger charge is 2.23. The Balaban J connectivity index is 1.85. The minimum absolute atomic E-state index is 0.0228. The third kappa shape index (κ3) is 7.75. The number of hydrogen-bond donors (Lipinski definition) is 0. The number of hydrogen-bond acceptors (Lipinski definition) is 3. The normalized spacial score (nSPS) is 12.0. The zero-order chi connectivity index (χ0) is 20.2. The Morgan fingerprint density at radius 1 is 0.893 bits per heavy atom. The van der Waals surface area contributed by atoms with Gasteiger partial charge in [-0.25, -0.2) is 0 Å². The van der Waals surface area contributed by atoms with E-state index < -0.39 is 0 Å². The predicted molar refractivity (Wildman–Crippen MR) is 114 cm³/mol. The maximum absolute atomic E-state index is 12.6. The molecule has 0 bridgehead atoms. The molecule has 0 radical (unpaired) electrons. The summed E-state index contributed by atoms with van der Waals surface area (Å²) >= 11 is 0. The average Bonchev–Trinajstić information content (AvgIpc) is 2.70. The lowest BCUT2D eigenvalue weighted by Gasteiger charge is -2.19. The molecule has 0 aliphatic rings. The van der Waals surface area contributed by atoms with E-state index in [2.05, 4.69) is 20.8 Å². The van der Waals surface area contributed by atoms with E-state index in [1.165, 1.54) is 25.7 Å². The SMILES string of the molecule is CCCCCCCC(C(=O)OCc1cccc(Oc2ccccc2)c1)C(C)C. The number of carbonyl (C=O) groups is 1. The Bertz CT molecular complexity index is 694. The first kappa shape index (κ1) is 22.0. The van der Waals surface area contributed by atoms with Crippen molar-refractivity contribution in [3.63, 3.8) is 0 Å². The van der Waals surface area contributed by atoms with Gasteiger partial charge < -0.3 is 9.47 Å². The van der Waals surface area contributed by atoms with Crippen molar-refractivity contribution in [1.82, 2.24) is 0 Å². The Morgan fingerprint density at radius 3 is 2.32 bits per heavy atom. The highest BCUT2D eigenvalue weighted by atomic mass is 16.5. The van der Waals surface area contributed by atoms with Crippen molar-refractivity contribution in [3.8, 4) is 11.5 Å². The maximum atomic E-state index is 12.6. The van der Waals surface area contributed by atoms with Gasteiger partial charge >= 0.3 is 5.97 Å². The van der Waals surface area contributed by atoms with Crippen LogP contribution in [0.15, 0.2) is 54.6 Å². The lowest BCUT2D eigenvalue weighted by atomic mass is 9.90.